The number of hydrogen-bond acceptors (Lipinski definition) is 3. The van der Waals surface area contributed by atoms with Gasteiger partial charge in [0.25, 0.3) is 0 Å². The van der Waals surface area contributed by atoms with Crippen molar-refractivity contribution in [1.29, 1.82) is 0 Å². The topological polar surface area (TPSA) is 39.7 Å². The number of thiophene rings is 1. The van der Waals surface area contributed by atoms with Crippen molar-refractivity contribution < 1.29 is 0 Å². The first-order chi connectivity index (χ1) is 12.7. The molecule has 1 fully saturated rings. The molecule has 0 radical (unpaired) electrons. The van der Waals surface area contributed by atoms with E-state index in [-0.39, 0.29) is 24.0 Å². The third-order valence-electron chi connectivity index (χ3n) is 5.14. The number of guanidine groups is 1. The summed E-state index contributed by atoms with van der Waals surface area (Å²) in [5.74, 6) is 1.48. The van der Waals surface area contributed by atoms with Crippen LogP contribution >= 0.6 is 35.3 Å². The molecule has 6 heteroatoms. The molecular weight excluding hydrogens is 467 g/mol. The van der Waals surface area contributed by atoms with Crippen LogP contribution in [0.1, 0.15) is 34.9 Å². The van der Waals surface area contributed by atoms with E-state index >= 15 is 0 Å². The molecule has 0 amide bonds. The third-order valence-corrected chi connectivity index (χ3v) is 6.08. The molecule has 0 spiro atoms. The Bertz CT molecular complexity index is 717. The summed E-state index contributed by atoms with van der Waals surface area (Å²) in [6.45, 7) is 5.04. The molecule has 0 bridgehead atoms. The first kappa shape index (κ1) is 22.2. The van der Waals surface area contributed by atoms with Crippen LogP contribution in [0.3, 0.4) is 0 Å². The predicted octanol–water partition coefficient (Wildman–Crippen LogP) is 4.42. The zero-order valence-corrected chi connectivity index (χ0v) is 19.6. The number of aliphatic imine (C=N–C) groups is 1. The quantitative estimate of drug-likeness (QED) is 0.364. The van der Waals surface area contributed by atoms with Crippen molar-refractivity contribution in [3.05, 3.63) is 57.8 Å². The monoisotopic (exact) mass is 498 g/mol. The second-order valence-electron chi connectivity index (χ2n) is 7.14. The van der Waals surface area contributed by atoms with Crippen LogP contribution in [0.5, 0.6) is 0 Å². The van der Waals surface area contributed by atoms with Crippen molar-refractivity contribution in [1.82, 2.24) is 15.5 Å². The second-order valence-corrected chi connectivity index (χ2v) is 8.12. The molecule has 4 nitrogen and oxygen atoms in total. The van der Waals surface area contributed by atoms with Gasteiger partial charge in [0.1, 0.15) is 0 Å². The fraction of sp³-hybridized carbons (Fsp3) is 0.476. The molecule has 2 heterocycles. The van der Waals surface area contributed by atoms with Gasteiger partial charge in [0, 0.05) is 31.1 Å². The van der Waals surface area contributed by atoms with Gasteiger partial charge in [-0.1, -0.05) is 35.9 Å². The highest BCUT2D eigenvalue weighted by atomic mass is 127. The molecule has 2 aromatic rings. The maximum atomic E-state index is 4.40. The highest BCUT2D eigenvalue weighted by Gasteiger charge is 2.31. The first-order valence-corrected chi connectivity index (χ1v) is 10.3. The molecule has 148 valence electrons. The van der Waals surface area contributed by atoms with E-state index in [2.05, 4.69) is 76.3 Å². The summed E-state index contributed by atoms with van der Waals surface area (Å²) in [6, 6.07) is 13.5. The van der Waals surface area contributed by atoms with E-state index in [1.165, 1.54) is 35.4 Å². The zero-order valence-electron chi connectivity index (χ0n) is 16.4. The van der Waals surface area contributed by atoms with Crippen molar-refractivity contribution in [2.45, 2.75) is 32.4 Å². The number of nitrogens with one attached hydrogen (secondary N) is 2. The fourth-order valence-corrected chi connectivity index (χ4v) is 4.82. The molecule has 2 N–H and O–H groups in total. The largest absolute Gasteiger partial charge is 0.356 e. The van der Waals surface area contributed by atoms with Gasteiger partial charge in [-0.05, 0) is 56.3 Å². The third kappa shape index (κ3) is 6.19. The summed E-state index contributed by atoms with van der Waals surface area (Å²) in [5, 5.41) is 9.18. The Morgan fingerprint density at radius 2 is 2.11 bits per heavy atom. The Morgan fingerprint density at radius 3 is 2.81 bits per heavy atom. The number of benzene rings is 1. The van der Waals surface area contributed by atoms with Crippen LogP contribution < -0.4 is 10.6 Å². The van der Waals surface area contributed by atoms with Crippen molar-refractivity contribution >= 4 is 41.3 Å². The molecule has 1 aromatic carbocycles. The van der Waals surface area contributed by atoms with Crippen molar-refractivity contribution in [3.8, 4) is 0 Å². The van der Waals surface area contributed by atoms with E-state index in [0.29, 0.717) is 12.0 Å². The van der Waals surface area contributed by atoms with Gasteiger partial charge in [-0.2, -0.15) is 0 Å². The van der Waals surface area contributed by atoms with Crippen LogP contribution in [0.2, 0.25) is 0 Å². The minimum Gasteiger partial charge on any atom is -0.356 e. The van der Waals surface area contributed by atoms with E-state index < -0.39 is 0 Å². The lowest BCUT2D eigenvalue weighted by Crippen LogP contribution is -2.44. The summed E-state index contributed by atoms with van der Waals surface area (Å²) in [4.78, 5) is 8.38. The summed E-state index contributed by atoms with van der Waals surface area (Å²) in [5.41, 5.74) is 2.57. The van der Waals surface area contributed by atoms with Crippen LogP contribution in [-0.2, 0) is 6.54 Å². The molecule has 0 aliphatic carbocycles. The molecule has 2 unspecified atom stereocenters. The van der Waals surface area contributed by atoms with E-state index in [9.17, 15) is 0 Å². The lowest BCUT2D eigenvalue weighted by Gasteiger charge is -2.39. The number of aryl methyl sites for hydroxylation is 1. The summed E-state index contributed by atoms with van der Waals surface area (Å²) < 4.78 is 0. The molecule has 1 saturated heterocycles. The van der Waals surface area contributed by atoms with Gasteiger partial charge in [0.05, 0.1) is 0 Å². The molecule has 1 aliphatic rings. The second kappa shape index (κ2) is 11.0. The lowest BCUT2D eigenvalue weighted by atomic mass is 9.88. The lowest BCUT2D eigenvalue weighted by molar-refractivity contribution is 0.125. The number of nitrogens with zero attached hydrogens (tertiary/aromatic N) is 2. The van der Waals surface area contributed by atoms with Crippen LogP contribution in [0.15, 0.2) is 46.8 Å². The van der Waals surface area contributed by atoms with Gasteiger partial charge in [0.15, 0.2) is 5.96 Å². The van der Waals surface area contributed by atoms with E-state index in [4.69, 9.17) is 0 Å². The average Bonchev–Trinajstić information content (AvgIpc) is 3.16. The molecule has 0 saturated carbocycles. The van der Waals surface area contributed by atoms with E-state index in [1.54, 1.807) is 0 Å². The highest BCUT2D eigenvalue weighted by molar-refractivity contribution is 14.0. The number of hydrogen-bond donors (Lipinski definition) is 2. The Labute approximate surface area is 184 Å². The highest BCUT2D eigenvalue weighted by Crippen LogP contribution is 2.36. The van der Waals surface area contributed by atoms with Crippen LogP contribution in [0.25, 0.3) is 0 Å². The van der Waals surface area contributed by atoms with Crippen LogP contribution in [0.4, 0.5) is 0 Å². The van der Waals surface area contributed by atoms with Gasteiger partial charge in [0.2, 0.25) is 0 Å². The SMILES string of the molecule is CN=C(NCc1cccc(C)c1)NCC1CCCN(C)C1c1cccs1.I. The van der Waals surface area contributed by atoms with E-state index in [0.717, 1.165) is 19.0 Å². The Hall–Kier alpha value is -1.12. The summed E-state index contributed by atoms with van der Waals surface area (Å²) in [7, 11) is 4.09. The molecule has 1 aliphatic heterocycles. The normalized spacial score (nSPS) is 20.8. The first-order valence-electron chi connectivity index (χ1n) is 9.41. The Kier molecular flexibility index (Phi) is 9.05. The molecular formula is C21H31IN4S. The Morgan fingerprint density at radius 1 is 1.26 bits per heavy atom. The van der Waals surface area contributed by atoms with Gasteiger partial charge in [-0.15, -0.1) is 35.3 Å². The van der Waals surface area contributed by atoms with Crippen LogP contribution in [0, 0.1) is 12.8 Å². The Balaban J connectivity index is 0.00000261. The minimum absolute atomic E-state index is 0. The van der Waals surface area contributed by atoms with Crippen molar-refractivity contribution in [2.75, 3.05) is 27.2 Å². The number of likely N-dealkylation sites (tertiary alicyclic amines) is 1. The van der Waals surface area contributed by atoms with Crippen molar-refractivity contribution in [3.63, 3.8) is 0 Å². The van der Waals surface area contributed by atoms with E-state index in [1.807, 2.05) is 18.4 Å². The maximum absolute atomic E-state index is 4.40. The summed E-state index contributed by atoms with van der Waals surface area (Å²) in [6.07, 6.45) is 2.52. The molecule has 27 heavy (non-hydrogen) atoms. The number of piperidine rings is 1. The van der Waals surface area contributed by atoms with Crippen molar-refractivity contribution in [2.24, 2.45) is 10.9 Å². The van der Waals surface area contributed by atoms with Gasteiger partial charge < -0.3 is 10.6 Å². The minimum atomic E-state index is 0. The zero-order chi connectivity index (χ0) is 18.4. The average molecular weight is 498 g/mol. The molecule has 2 atom stereocenters. The smallest absolute Gasteiger partial charge is 0.191 e. The van der Waals surface area contributed by atoms with Gasteiger partial charge >= 0.3 is 0 Å². The van der Waals surface area contributed by atoms with Crippen LogP contribution in [-0.4, -0.2) is 38.0 Å². The van der Waals surface area contributed by atoms with Gasteiger partial charge in [-0.25, -0.2) is 0 Å². The van der Waals surface area contributed by atoms with Gasteiger partial charge in [-0.3, -0.25) is 9.89 Å². The standard InChI is InChI=1S/C21H30N4S.HI/c1-16-7-4-8-17(13-16)14-23-21(22-2)24-15-18-9-5-11-25(3)20(18)19-10-6-12-26-19;/h4,6-8,10,12-13,18,20H,5,9,11,14-15H2,1-3H3,(H2,22,23,24);1H. The maximum Gasteiger partial charge on any atom is 0.191 e. The summed E-state index contributed by atoms with van der Waals surface area (Å²) >= 11 is 1.87. The molecule has 3 rings (SSSR count). The number of rotatable bonds is 5. The molecule has 1 aromatic heterocycles. The number of halogens is 1. The predicted molar refractivity (Wildman–Crippen MR) is 127 cm³/mol. The fourth-order valence-electron chi connectivity index (χ4n) is 3.84.